The monoisotopic (exact) mass is 639 g/mol. The third kappa shape index (κ3) is 6.63. The zero-order chi connectivity index (χ0) is 32.4. The molecule has 0 radical (unpaired) electrons. The molecule has 47 heavy (non-hydrogen) atoms. The van der Waals surface area contributed by atoms with Crippen molar-refractivity contribution in [2.45, 2.75) is 25.6 Å². The maximum Gasteiger partial charge on any atom is 0.269 e. The Morgan fingerprint density at radius 1 is 0.766 bits per heavy atom. The van der Waals surface area contributed by atoms with Crippen molar-refractivity contribution in [3.63, 3.8) is 0 Å². The van der Waals surface area contributed by atoms with Crippen molar-refractivity contribution in [2.75, 3.05) is 4.90 Å². The summed E-state index contributed by atoms with van der Waals surface area (Å²) in [6, 6.07) is 42.2. The van der Waals surface area contributed by atoms with Crippen LogP contribution in [0.25, 0.3) is 39.3 Å². The van der Waals surface area contributed by atoms with E-state index >= 15 is 0 Å². The zero-order valence-electron chi connectivity index (χ0n) is 25.8. The van der Waals surface area contributed by atoms with Crippen molar-refractivity contribution in [3.8, 4) is 28.0 Å². The lowest BCUT2D eigenvalue weighted by Crippen LogP contribution is -2.19. The summed E-state index contributed by atoms with van der Waals surface area (Å²) in [5.41, 5.74) is 8.04. The lowest BCUT2D eigenvalue weighted by atomic mass is 10.0. The standard InChI is InChI=1S/C40H33NO5S/c1-2-28(22-39-35(27-47(42,43)44)34-24-32(18-20-37(34)45-39)30-14-8-4-9-15-30)23-40-41(26-29-12-6-3-7-13-29)36-25-33(19-21-38(36)46-40)31-16-10-5-11-17-31/h3-25H,2,26-27H2,1H3,(H,42,43,44)/b28-22+,40-23-. The van der Waals surface area contributed by atoms with E-state index in [-0.39, 0.29) is 0 Å². The van der Waals surface area contributed by atoms with Crippen LogP contribution in [0.5, 0.6) is 5.75 Å². The number of anilines is 1. The lowest BCUT2D eigenvalue weighted by Gasteiger charge is -2.19. The molecule has 6 aromatic rings. The molecule has 2 heterocycles. The van der Waals surface area contributed by atoms with E-state index < -0.39 is 15.9 Å². The van der Waals surface area contributed by atoms with E-state index in [4.69, 9.17) is 9.15 Å². The summed E-state index contributed by atoms with van der Waals surface area (Å²) in [6.07, 6.45) is 4.44. The van der Waals surface area contributed by atoms with Crippen LogP contribution in [0, 0.1) is 0 Å². The summed E-state index contributed by atoms with van der Waals surface area (Å²) in [7, 11) is -4.35. The van der Waals surface area contributed by atoms with Crippen LogP contribution in [-0.4, -0.2) is 13.0 Å². The number of furan rings is 1. The van der Waals surface area contributed by atoms with Gasteiger partial charge in [0.2, 0.25) is 5.88 Å². The third-order valence-corrected chi connectivity index (χ3v) is 8.96. The number of fused-ring (bicyclic) bond motifs is 2. The number of benzene rings is 5. The third-order valence-electron chi connectivity index (χ3n) is 8.31. The molecule has 0 atom stereocenters. The summed E-state index contributed by atoms with van der Waals surface area (Å²) in [6.45, 7) is 2.62. The molecule has 6 nitrogen and oxygen atoms in total. The fourth-order valence-electron chi connectivity index (χ4n) is 5.95. The Bertz CT molecular complexity index is 2220. The van der Waals surface area contributed by atoms with Crippen LogP contribution < -0.4 is 9.64 Å². The topological polar surface area (TPSA) is 80.0 Å². The first-order valence-corrected chi connectivity index (χ1v) is 17.1. The molecule has 0 amide bonds. The van der Waals surface area contributed by atoms with Gasteiger partial charge in [-0.25, -0.2) is 0 Å². The highest BCUT2D eigenvalue weighted by molar-refractivity contribution is 7.85. The number of ether oxygens (including phenoxy) is 1. The summed E-state index contributed by atoms with van der Waals surface area (Å²) in [5, 5.41) is 0.641. The number of allylic oxidation sites excluding steroid dienone is 2. The zero-order valence-corrected chi connectivity index (χ0v) is 26.7. The van der Waals surface area contributed by atoms with Gasteiger partial charge in [0, 0.05) is 17.0 Å². The van der Waals surface area contributed by atoms with Gasteiger partial charge in [-0.05, 0) is 70.2 Å². The van der Waals surface area contributed by atoms with Gasteiger partial charge >= 0.3 is 0 Å². The fraction of sp³-hybridized carbons (Fsp3) is 0.100. The van der Waals surface area contributed by atoms with Gasteiger partial charge < -0.3 is 14.1 Å². The molecule has 0 fully saturated rings. The Morgan fingerprint density at radius 2 is 1.38 bits per heavy atom. The molecule has 0 saturated heterocycles. The van der Waals surface area contributed by atoms with Crippen LogP contribution in [0.2, 0.25) is 0 Å². The van der Waals surface area contributed by atoms with Crippen molar-refractivity contribution >= 4 is 32.9 Å². The Labute approximate surface area is 274 Å². The number of hydrogen-bond acceptors (Lipinski definition) is 5. The highest BCUT2D eigenvalue weighted by Gasteiger charge is 2.28. The Balaban J connectivity index is 1.31. The second-order valence-corrected chi connectivity index (χ2v) is 13.0. The van der Waals surface area contributed by atoms with Crippen LogP contribution in [-0.2, 0) is 22.4 Å². The van der Waals surface area contributed by atoms with Crippen LogP contribution in [0.1, 0.15) is 30.2 Å². The molecule has 1 N–H and O–H groups in total. The molecule has 7 heteroatoms. The van der Waals surface area contributed by atoms with Gasteiger partial charge in [-0.3, -0.25) is 4.55 Å². The molecule has 234 valence electrons. The molecule has 5 aromatic carbocycles. The average Bonchev–Trinajstić information content (AvgIpc) is 3.60. The number of hydrogen-bond donors (Lipinski definition) is 1. The predicted octanol–water partition coefficient (Wildman–Crippen LogP) is 9.89. The van der Waals surface area contributed by atoms with Crippen LogP contribution in [0.15, 0.2) is 149 Å². The van der Waals surface area contributed by atoms with E-state index in [9.17, 15) is 13.0 Å². The van der Waals surface area contributed by atoms with Crippen LogP contribution in [0.3, 0.4) is 0 Å². The molecule has 1 aliphatic rings. The number of nitrogens with zero attached hydrogens (tertiary/aromatic N) is 1. The van der Waals surface area contributed by atoms with Crippen molar-refractivity contribution < 1.29 is 22.1 Å². The summed E-state index contributed by atoms with van der Waals surface area (Å²) >= 11 is 0. The molecular formula is C40H33NO5S. The SMILES string of the molecule is CCC(/C=C1\Oc2ccc(-c3ccccc3)cc2N1Cc1ccccc1)=C\c1oc2ccc(-c3ccccc3)cc2c1CS(=O)(=O)O. The maximum absolute atomic E-state index is 12.2. The molecule has 1 aliphatic heterocycles. The Hall–Kier alpha value is -5.37. The quantitative estimate of drug-likeness (QED) is 0.159. The van der Waals surface area contributed by atoms with Gasteiger partial charge in [-0.15, -0.1) is 0 Å². The molecule has 7 rings (SSSR count). The summed E-state index contributed by atoms with van der Waals surface area (Å²) < 4.78 is 47.1. The van der Waals surface area contributed by atoms with Gasteiger partial charge in [0.25, 0.3) is 10.1 Å². The average molecular weight is 640 g/mol. The van der Waals surface area contributed by atoms with Crippen molar-refractivity contribution in [3.05, 3.63) is 162 Å². The second kappa shape index (κ2) is 12.8. The van der Waals surface area contributed by atoms with Crippen molar-refractivity contribution in [1.29, 1.82) is 0 Å². The van der Waals surface area contributed by atoms with E-state index in [1.54, 1.807) is 0 Å². The van der Waals surface area contributed by atoms with Crippen molar-refractivity contribution in [2.24, 2.45) is 0 Å². The van der Waals surface area contributed by atoms with E-state index in [0.717, 1.165) is 44.8 Å². The first-order valence-electron chi connectivity index (χ1n) is 15.5. The van der Waals surface area contributed by atoms with Crippen molar-refractivity contribution in [1.82, 2.24) is 0 Å². The molecular weight excluding hydrogens is 607 g/mol. The first-order chi connectivity index (χ1) is 22.8. The van der Waals surface area contributed by atoms with Gasteiger partial charge in [0.15, 0.2) is 5.75 Å². The highest BCUT2D eigenvalue weighted by Crippen LogP contribution is 2.43. The van der Waals surface area contributed by atoms with Gasteiger partial charge in [-0.1, -0.05) is 110 Å². The fourth-order valence-corrected chi connectivity index (χ4v) is 6.61. The van der Waals surface area contributed by atoms with Gasteiger partial charge in [0.05, 0.1) is 12.2 Å². The van der Waals surface area contributed by atoms with E-state index in [1.165, 1.54) is 0 Å². The largest absolute Gasteiger partial charge is 0.456 e. The predicted molar refractivity (Wildman–Crippen MR) is 188 cm³/mol. The molecule has 0 aliphatic carbocycles. The minimum absolute atomic E-state index is 0.382. The lowest BCUT2D eigenvalue weighted by molar-refractivity contribution is 0.437. The maximum atomic E-state index is 12.2. The minimum Gasteiger partial charge on any atom is -0.456 e. The van der Waals surface area contributed by atoms with Crippen LogP contribution >= 0.6 is 0 Å². The van der Waals surface area contributed by atoms with E-state index in [0.29, 0.717) is 41.1 Å². The van der Waals surface area contributed by atoms with Crippen LogP contribution in [0.4, 0.5) is 5.69 Å². The Kier molecular flexibility index (Phi) is 8.24. The highest BCUT2D eigenvalue weighted by atomic mass is 32.2. The Morgan fingerprint density at radius 3 is 2.02 bits per heavy atom. The van der Waals surface area contributed by atoms with Gasteiger partial charge in [0.1, 0.15) is 17.1 Å². The van der Waals surface area contributed by atoms with Gasteiger partial charge in [-0.2, -0.15) is 8.42 Å². The van der Waals surface area contributed by atoms with E-state index in [1.807, 2.05) is 110 Å². The molecule has 1 aromatic heterocycles. The molecule has 0 spiro atoms. The normalized spacial score (nSPS) is 14.0. The molecule has 0 bridgehead atoms. The summed E-state index contributed by atoms with van der Waals surface area (Å²) in [5.74, 6) is 1.22. The number of rotatable bonds is 9. The smallest absolute Gasteiger partial charge is 0.269 e. The molecule has 0 saturated carbocycles. The molecule has 0 unspecified atom stereocenters. The van der Waals surface area contributed by atoms with E-state index in [2.05, 4.69) is 41.3 Å². The first kappa shape index (κ1) is 30.3. The minimum atomic E-state index is -4.35. The second-order valence-electron chi connectivity index (χ2n) is 11.5. The summed E-state index contributed by atoms with van der Waals surface area (Å²) in [4.78, 5) is 2.16.